The zero-order valence-electron chi connectivity index (χ0n) is 18.9. The molecule has 0 radical (unpaired) electrons. The molecule has 158 valence electrons. The normalized spacial score (nSPS) is 37.7. The van der Waals surface area contributed by atoms with Gasteiger partial charge < -0.3 is 5.32 Å². The van der Waals surface area contributed by atoms with Gasteiger partial charge >= 0.3 is 0 Å². The summed E-state index contributed by atoms with van der Waals surface area (Å²) in [7, 11) is 0. The minimum Gasteiger partial charge on any atom is -0.316 e. The zero-order valence-corrected chi connectivity index (χ0v) is 18.9. The SMILES string of the molecule is CC[C@@H](C)C(CC[C@@H]1CCCNC1)CC1CCC(C2CCC(C)CC2)CC1. The van der Waals surface area contributed by atoms with E-state index >= 15 is 0 Å². The molecule has 1 nitrogen and oxygen atoms in total. The first-order valence-electron chi connectivity index (χ1n) is 12.9. The van der Waals surface area contributed by atoms with E-state index in [0.29, 0.717) is 0 Å². The first kappa shape index (κ1) is 21.7. The van der Waals surface area contributed by atoms with Crippen molar-refractivity contribution in [1.29, 1.82) is 0 Å². The molecule has 0 bridgehead atoms. The summed E-state index contributed by atoms with van der Waals surface area (Å²) < 4.78 is 0. The molecular formula is C26H49N. The molecule has 1 unspecified atom stereocenters. The lowest BCUT2D eigenvalue weighted by molar-refractivity contribution is 0.130. The maximum Gasteiger partial charge on any atom is -0.00205 e. The molecule has 3 rings (SSSR count). The molecule has 0 spiro atoms. The quantitative estimate of drug-likeness (QED) is 0.464. The van der Waals surface area contributed by atoms with Gasteiger partial charge in [0.2, 0.25) is 0 Å². The van der Waals surface area contributed by atoms with E-state index in [1.165, 1.54) is 58.0 Å². The van der Waals surface area contributed by atoms with Gasteiger partial charge in [0.05, 0.1) is 0 Å². The Morgan fingerprint density at radius 3 is 2.11 bits per heavy atom. The van der Waals surface area contributed by atoms with Gasteiger partial charge in [-0.05, 0) is 112 Å². The van der Waals surface area contributed by atoms with Gasteiger partial charge in [0.25, 0.3) is 0 Å². The van der Waals surface area contributed by atoms with Crippen molar-refractivity contribution in [3.05, 3.63) is 0 Å². The van der Waals surface area contributed by atoms with Gasteiger partial charge in [0, 0.05) is 0 Å². The van der Waals surface area contributed by atoms with Crippen LogP contribution in [0.4, 0.5) is 0 Å². The molecular weight excluding hydrogens is 326 g/mol. The molecule has 0 amide bonds. The Hall–Kier alpha value is -0.0400. The first-order valence-corrected chi connectivity index (χ1v) is 12.9. The summed E-state index contributed by atoms with van der Waals surface area (Å²) in [6.45, 7) is 9.97. The van der Waals surface area contributed by atoms with Crippen molar-refractivity contribution < 1.29 is 0 Å². The van der Waals surface area contributed by atoms with Gasteiger partial charge in [-0.3, -0.25) is 0 Å². The molecule has 1 saturated heterocycles. The van der Waals surface area contributed by atoms with Crippen LogP contribution < -0.4 is 5.32 Å². The fraction of sp³-hybridized carbons (Fsp3) is 1.00. The lowest BCUT2D eigenvalue weighted by Crippen LogP contribution is -2.30. The third kappa shape index (κ3) is 6.76. The largest absolute Gasteiger partial charge is 0.316 e. The molecule has 27 heavy (non-hydrogen) atoms. The van der Waals surface area contributed by atoms with Gasteiger partial charge in [0.1, 0.15) is 0 Å². The van der Waals surface area contributed by atoms with Crippen LogP contribution in [0.3, 0.4) is 0 Å². The molecule has 3 atom stereocenters. The standard InChI is InChI=1S/C26H49N/c1-4-21(3)26(16-11-23-6-5-17-27-19-23)18-22-9-14-25(15-10-22)24-12-7-20(2)8-13-24/h20-27H,4-19H2,1-3H3/t20?,21-,22?,23+,24?,25?,26?/m1/s1. The monoisotopic (exact) mass is 375 g/mol. The Balaban J connectivity index is 1.41. The van der Waals surface area contributed by atoms with Crippen LogP contribution in [0.1, 0.15) is 111 Å². The molecule has 1 N–H and O–H groups in total. The number of rotatable bonds is 8. The predicted octanol–water partition coefficient (Wildman–Crippen LogP) is 7.45. The van der Waals surface area contributed by atoms with E-state index in [1.807, 2.05) is 0 Å². The molecule has 3 aliphatic rings. The summed E-state index contributed by atoms with van der Waals surface area (Å²) in [5, 5.41) is 3.62. The fourth-order valence-electron chi connectivity index (χ4n) is 6.67. The van der Waals surface area contributed by atoms with Crippen molar-refractivity contribution in [2.24, 2.45) is 41.4 Å². The molecule has 1 heterocycles. The lowest BCUT2D eigenvalue weighted by atomic mass is 9.67. The van der Waals surface area contributed by atoms with Crippen molar-refractivity contribution in [2.75, 3.05) is 13.1 Å². The van der Waals surface area contributed by atoms with E-state index in [0.717, 1.165) is 41.4 Å². The average Bonchev–Trinajstić information content (AvgIpc) is 2.72. The van der Waals surface area contributed by atoms with Crippen LogP contribution in [-0.4, -0.2) is 13.1 Å². The summed E-state index contributed by atoms with van der Waals surface area (Å²) in [6.07, 6.45) is 21.1. The first-order chi connectivity index (χ1) is 13.2. The van der Waals surface area contributed by atoms with Crippen LogP contribution >= 0.6 is 0 Å². The highest BCUT2D eigenvalue weighted by atomic mass is 14.9. The van der Waals surface area contributed by atoms with Crippen molar-refractivity contribution in [3.63, 3.8) is 0 Å². The number of nitrogens with one attached hydrogen (secondary N) is 1. The van der Waals surface area contributed by atoms with Gasteiger partial charge in [-0.25, -0.2) is 0 Å². The molecule has 1 heteroatoms. The predicted molar refractivity (Wildman–Crippen MR) is 119 cm³/mol. The minimum absolute atomic E-state index is 0.930. The highest BCUT2D eigenvalue weighted by Gasteiger charge is 2.31. The average molecular weight is 376 g/mol. The van der Waals surface area contributed by atoms with Gasteiger partial charge in [-0.15, -0.1) is 0 Å². The summed E-state index contributed by atoms with van der Waals surface area (Å²) >= 11 is 0. The molecule has 2 aliphatic carbocycles. The van der Waals surface area contributed by atoms with Crippen LogP contribution in [0.25, 0.3) is 0 Å². The van der Waals surface area contributed by atoms with Crippen molar-refractivity contribution in [2.45, 2.75) is 111 Å². The lowest BCUT2D eigenvalue weighted by Gasteiger charge is -2.38. The van der Waals surface area contributed by atoms with E-state index in [9.17, 15) is 0 Å². The Labute approximate surface area is 170 Å². The Kier molecular flexibility index (Phi) is 9.01. The van der Waals surface area contributed by atoms with E-state index in [2.05, 4.69) is 26.1 Å². The Bertz CT molecular complexity index is 383. The second kappa shape index (κ2) is 11.2. The maximum atomic E-state index is 3.62. The zero-order chi connectivity index (χ0) is 19.1. The number of hydrogen-bond donors (Lipinski definition) is 1. The summed E-state index contributed by atoms with van der Waals surface area (Å²) in [5.41, 5.74) is 0. The third-order valence-electron chi connectivity index (χ3n) is 9.05. The molecule has 2 saturated carbocycles. The van der Waals surface area contributed by atoms with Crippen LogP contribution in [0, 0.1) is 41.4 Å². The number of hydrogen-bond acceptors (Lipinski definition) is 1. The van der Waals surface area contributed by atoms with E-state index in [-0.39, 0.29) is 0 Å². The second-order valence-electron chi connectivity index (χ2n) is 11.0. The Morgan fingerprint density at radius 2 is 1.52 bits per heavy atom. The third-order valence-corrected chi connectivity index (χ3v) is 9.05. The van der Waals surface area contributed by atoms with Crippen LogP contribution in [0.15, 0.2) is 0 Å². The maximum absolute atomic E-state index is 3.62. The highest BCUT2D eigenvalue weighted by Crippen LogP contribution is 2.43. The summed E-state index contributed by atoms with van der Waals surface area (Å²) in [6, 6.07) is 0. The van der Waals surface area contributed by atoms with Gasteiger partial charge in [-0.2, -0.15) is 0 Å². The van der Waals surface area contributed by atoms with E-state index in [1.54, 1.807) is 44.9 Å². The molecule has 3 fully saturated rings. The van der Waals surface area contributed by atoms with Crippen molar-refractivity contribution in [1.82, 2.24) is 5.32 Å². The molecule has 0 aromatic heterocycles. The van der Waals surface area contributed by atoms with Crippen molar-refractivity contribution >= 4 is 0 Å². The second-order valence-corrected chi connectivity index (χ2v) is 11.0. The number of piperidine rings is 1. The van der Waals surface area contributed by atoms with Gasteiger partial charge in [0.15, 0.2) is 0 Å². The van der Waals surface area contributed by atoms with Crippen LogP contribution in [0.5, 0.6) is 0 Å². The molecule has 0 aromatic rings. The molecule has 1 aliphatic heterocycles. The van der Waals surface area contributed by atoms with Crippen molar-refractivity contribution in [3.8, 4) is 0 Å². The topological polar surface area (TPSA) is 12.0 Å². The van der Waals surface area contributed by atoms with Crippen LogP contribution in [0.2, 0.25) is 0 Å². The Morgan fingerprint density at radius 1 is 0.852 bits per heavy atom. The fourth-order valence-corrected chi connectivity index (χ4v) is 6.67. The van der Waals surface area contributed by atoms with Gasteiger partial charge in [-0.1, -0.05) is 52.9 Å². The summed E-state index contributed by atoms with van der Waals surface area (Å²) in [4.78, 5) is 0. The van der Waals surface area contributed by atoms with E-state index in [4.69, 9.17) is 0 Å². The van der Waals surface area contributed by atoms with Crippen LogP contribution in [-0.2, 0) is 0 Å². The van der Waals surface area contributed by atoms with E-state index < -0.39 is 0 Å². The molecule has 0 aromatic carbocycles. The summed E-state index contributed by atoms with van der Waals surface area (Å²) in [5.74, 6) is 7.12. The smallest absolute Gasteiger partial charge is 0.00205 e. The minimum atomic E-state index is 0.930. The highest BCUT2D eigenvalue weighted by molar-refractivity contribution is 4.83.